The van der Waals surface area contributed by atoms with Gasteiger partial charge in [0, 0.05) is 36.2 Å². The van der Waals surface area contributed by atoms with Crippen LogP contribution < -0.4 is 10.5 Å². The molecule has 2 rings (SSSR count). The van der Waals surface area contributed by atoms with Crippen molar-refractivity contribution in [3.8, 4) is 5.75 Å². The number of rotatable bonds is 6. The zero-order valence-electron chi connectivity index (χ0n) is 12.6. The van der Waals surface area contributed by atoms with Crippen molar-refractivity contribution in [2.24, 2.45) is 5.73 Å². The molecule has 1 amide bonds. The Hall–Kier alpha value is -1.20. The van der Waals surface area contributed by atoms with Crippen LogP contribution in [0.15, 0.2) is 29.2 Å². The highest BCUT2D eigenvalue weighted by molar-refractivity contribution is 7.99. The number of thioether (sulfide) groups is 1. The van der Waals surface area contributed by atoms with Gasteiger partial charge in [0.15, 0.2) is 0 Å². The van der Waals surface area contributed by atoms with Gasteiger partial charge in [-0.1, -0.05) is 0 Å². The van der Waals surface area contributed by atoms with Crippen LogP contribution in [0.4, 0.5) is 0 Å². The van der Waals surface area contributed by atoms with Gasteiger partial charge in [0.05, 0.1) is 7.11 Å². The highest BCUT2D eigenvalue weighted by atomic mass is 32.2. The average molecular weight is 308 g/mol. The highest BCUT2D eigenvalue weighted by Crippen LogP contribution is 2.23. The second-order valence-electron chi connectivity index (χ2n) is 5.25. The van der Waals surface area contributed by atoms with Crippen molar-refractivity contribution < 1.29 is 9.53 Å². The number of likely N-dealkylation sites (tertiary alicyclic amines) is 1. The lowest BCUT2D eigenvalue weighted by Gasteiger charge is -2.35. The third-order valence-corrected chi connectivity index (χ3v) is 4.88. The van der Waals surface area contributed by atoms with Crippen molar-refractivity contribution in [3.63, 3.8) is 0 Å². The standard InChI is InChI=1S/C16H24N2O2S/c1-20-14-5-7-15(8-6-14)21-11-9-16(19)18-10-3-2-4-13(18)12-17/h5-8,13H,2-4,9-12,17H2,1H3. The molecule has 4 nitrogen and oxygen atoms in total. The number of methoxy groups -OCH3 is 1. The minimum atomic E-state index is 0.242. The van der Waals surface area contributed by atoms with Crippen molar-refractivity contribution >= 4 is 17.7 Å². The number of nitrogens with two attached hydrogens (primary N) is 1. The van der Waals surface area contributed by atoms with Gasteiger partial charge in [0.25, 0.3) is 0 Å². The Balaban J connectivity index is 1.77. The summed E-state index contributed by atoms with van der Waals surface area (Å²) in [6.07, 6.45) is 3.92. The summed E-state index contributed by atoms with van der Waals surface area (Å²) >= 11 is 1.71. The largest absolute Gasteiger partial charge is 0.497 e. The SMILES string of the molecule is COc1ccc(SCCC(=O)N2CCCCC2CN)cc1. The number of carbonyl (C=O) groups excluding carboxylic acids is 1. The molecule has 21 heavy (non-hydrogen) atoms. The molecule has 116 valence electrons. The van der Waals surface area contributed by atoms with Crippen LogP contribution in [0, 0.1) is 0 Å². The summed E-state index contributed by atoms with van der Waals surface area (Å²) in [6, 6.07) is 8.19. The van der Waals surface area contributed by atoms with Crippen LogP contribution in [0.3, 0.4) is 0 Å². The van der Waals surface area contributed by atoms with Gasteiger partial charge < -0.3 is 15.4 Å². The fourth-order valence-corrected chi connectivity index (χ4v) is 3.49. The maximum atomic E-state index is 12.3. The van der Waals surface area contributed by atoms with Gasteiger partial charge in [-0.25, -0.2) is 0 Å². The fourth-order valence-electron chi connectivity index (χ4n) is 2.65. The Morgan fingerprint density at radius 3 is 2.81 bits per heavy atom. The van der Waals surface area contributed by atoms with Gasteiger partial charge in [-0.2, -0.15) is 0 Å². The molecule has 1 aromatic carbocycles. The van der Waals surface area contributed by atoms with E-state index in [2.05, 4.69) is 0 Å². The first-order valence-electron chi connectivity index (χ1n) is 7.51. The number of carbonyl (C=O) groups is 1. The van der Waals surface area contributed by atoms with E-state index in [4.69, 9.17) is 10.5 Å². The lowest BCUT2D eigenvalue weighted by molar-refractivity contribution is -0.134. The maximum absolute atomic E-state index is 12.3. The van der Waals surface area contributed by atoms with Gasteiger partial charge in [-0.3, -0.25) is 4.79 Å². The van der Waals surface area contributed by atoms with E-state index in [1.165, 1.54) is 6.42 Å². The molecule has 1 unspecified atom stereocenters. The van der Waals surface area contributed by atoms with E-state index >= 15 is 0 Å². The van der Waals surface area contributed by atoms with Crippen molar-refractivity contribution in [1.29, 1.82) is 0 Å². The van der Waals surface area contributed by atoms with Crippen molar-refractivity contribution in [3.05, 3.63) is 24.3 Å². The Labute approximate surface area is 131 Å². The summed E-state index contributed by atoms with van der Waals surface area (Å²) in [5.74, 6) is 1.90. The third-order valence-electron chi connectivity index (χ3n) is 3.86. The van der Waals surface area contributed by atoms with Crippen LogP contribution in [-0.2, 0) is 4.79 Å². The highest BCUT2D eigenvalue weighted by Gasteiger charge is 2.24. The first-order chi connectivity index (χ1) is 10.2. The van der Waals surface area contributed by atoms with Crippen molar-refractivity contribution in [2.45, 2.75) is 36.6 Å². The number of nitrogens with zero attached hydrogens (tertiary/aromatic N) is 1. The van der Waals surface area contributed by atoms with Gasteiger partial charge in [0.2, 0.25) is 5.91 Å². The van der Waals surface area contributed by atoms with E-state index in [-0.39, 0.29) is 11.9 Å². The first kappa shape index (κ1) is 16.2. The van der Waals surface area contributed by atoms with Crippen LogP contribution in [-0.4, -0.2) is 42.8 Å². The number of piperidine rings is 1. The summed E-state index contributed by atoms with van der Waals surface area (Å²) in [7, 11) is 1.66. The van der Waals surface area contributed by atoms with Gasteiger partial charge in [-0.05, 0) is 43.5 Å². The van der Waals surface area contributed by atoms with E-state index in [0.717, 1.165) is 35.8 Å². The lowest BCUT2D eigenvalue weighted by atomic mass is 10.0. The van der Waals surface area contributed by atoms with E-state index < -0.39 is 0 Å². The second-order valence-corrected chi connectivity index (χ2v) is 6.41. The Kier molecular flexibility index (Phi) is 6.39. The molecule has 1 heterocycles. The summed E-state index contributed by atoms with van der Waals surface area (Å²) in [6.45, 7) is 1.45. The molecule has 0 radical (unpaired) electrons. The van der Waals surface area contributed by atoms with Gasteiger partial charge >= 0.3 is 0 Å². The Bertz CT molecular complexity index is 450. The van der Waals surface area contributed by atoms with Crippen LogP contribution in [0.1, 0.15) is 25.7 Å². The minimum Gasteiger partial charge on any atom is -0.497 e. The predicted molar refractivity (Wildman–Crippen MR) is 86.7 cm³/mol. The number of hydrogen-bond acceptors (Lipinski definition) is 4. The quantitative estimate of drug-likeness (QED) is 0.821. The van der Waals surface area contributed by atoms with Gasteiger partial charge in [0.1, 0.15) is 5.75 Å². The first-order valence-corrected chi connectivity index (χ1v) is 8.49. The van der Waals surface area contributed by atoms with Gasteiger partial charge in [-0.15, -0.1) is 11.8 Å². The minimum absolute atomic E-state index is 0.242. The fraction of sp³-hybridized carbons (Fsp3) is 0.562. The Morgan fingerprint density at radius 2 is 2.14 bits per heavy atom. The third kappa shape index (κ3) is 4.64. The number of ether oxygens (including phenoxy) is 1. The monoisotopic (exact) mass is 308 g/mol. The average Bonchev–Trinajstić information content (AvgIpc) is 2.55. The summed E-state index contributed by atoms with van der Waals surface area (Å²) < 4.78 is 5.13. The molecule has 1 saturated heterocycles. The van der Waals surface area contributed by atoms with E-state index in [1.54, 1.807) is 18.9 Å². The second kappa shape index (κ2) is 8.29. The zero-order valence-corrected chi connectivity index (χ0v) is 13.4. The molecule has 1 atom stereocenters. The molecule has 5 heteroatoms. The molecular weight excluding hydrogens is 284 g/mol. The van der Waals surface area contributed by atoms with Crippen LogP contribution in [0.5, 0.6) is 5.75 Å². The topological polar surface area (TPSA) is 55.6 Å². The molecule has 0 aliphatic carbocycles. The number of amides is 1. The molecule has 0 saturated carbocycles. The number of hydrogen-bond donors (Lipinski definition) is 1. The molecule has 1 aliphatic heterocycles. The van der Waals surface area contributed by atoms with Crippen LogP contribution >= 0.6 is 11.8 Å². The summed E-state index contributed by atoms with van der Waals surface area (Å²) in [5, 5.41) is 0. The van der Waals surface area contributed by atoms with Crippen LogP contribution in [0.25, 0.3) is 0 Å². The number of benzene rings is 1. The summed E-state index contributed by atoms with van der Waals surface area (Å²) in [4.78, 5) is 15.4. The molecule has 1 aliphatic rings. The van der Waals surface area contributed by atoms with E-state index in [9.17, 15) is 4.79 Å². The maximum Gasteiger partial charge on any atom is 0.223 e. The van der Waals surface area contributed by atoms with E-state index in [1.807, 2.05) is 29.2 Å². The van der Waals surface area contributed by atoms with Crippen molar-refractivity contribution in [2.75, 3.05) is 26.0 Å². The molecule has 0 spiro atoms. The molecule has 0 bridgehead atoms. The normalized spacial score (nSPS) is 18.6. The molecule has 0 aromatic heterocycles. The molecule has 2 N–H and O–H groups in total. The molecule has 1 fully saturated rings. The smallest absolute Gasteiger partial charge is 0.223 e. The summed E-state index contributed by atoms with van der Waals surface area (Å²) in [5.41, 5.74) is 5.77. The van der Waals surface area contributed by atoms with Crippen molar-refractivity contribution in [1.82, 2.24) is 4.90 Å². The zero-order chi connectivity index (χ0) is 15.1. The van der Waals surface area contributed by atoms with E-state index in [0.29, 0.717) is 13.0 Å². The molecule has 1 aromatic rings. The Morgan fingerprint density at radius 1 is 1.38 bits per heavy atom. The lowest BCUT2D eigenvalue weighted by Crippen LogP contribution is -2.47. The predicted octanol–water partition coefficient (Wildman–Crippen LogP) is 2.52. The molecular formula is C16H24N2O2S. The van der Waals surface area contributed by atoms with Crippen LogP contribution in [0.2, 0.25) is 0 Å².